The largest absolute Gasteiger partial charge is 0.573 e. The molecular weight excluding hydrogens is 667 g/mol. The molecule has 0 aliphatic carbocycles. The summed E-state index contributed by atoms with van der Waals surface area (Å²) in [5.74, 6) is -2.12. The van der Waals surface area contributed by atoms with Crippen LogP contribution >= 0.6 is 0 Å². The summed E-state index contributed by atoms with van der Waals surface area (Å²) < 4.78 is 131. The predicted octanol–water partition coefficient (Wildman–Crippen LogP) is 7.86. The summed E-state index contributed by atoms with van der Waals surface area (Å²) in [6.07, 6.45) is -14.0. The molecule has 0 saturated carbocycles. The Balaban J connectivity index is 2.07. The van der Waals surface area contributed by atoms with E-state index < -0.39 is 60.9 Å². The highest BCUT2D eigenvalue weighted by molar-refractivity contribution is 5.76. The molecule has 17 heteroatoms. The van der Waals surface area contributed by atoms with E-state index in [2.05, 4.69) is 14.8 Å². The highest BCUT2D eigenvalue weighted by Gasteiger charge is 2.40. The fraction of sp³-hybridized carbons (Fsp3) is 0.355. The third-order valence-electron chi connectivity index (χ3n) is 6.59. The molecule has 0 aromatic heterocycles. The Labute approximate surface area is 267 Å². The fourth-order valence-corrected chi connectivity index (χ4v) is 4.65. The molecule has 0 unspecified atom stereocenters. The minimum Gasteiger partial charge on any atom is -0.494 e. The zero-order chi connectivity index (χ0) is 35.6. The van der Waals surface area contributed by atoms with E-state index in [1.165, 1.54) is 36.4 Å². The average molecular weight is 697 g/mol. The number of halogens is 9. The van der Waals surface area contributed by atoms with Crippen molar-refractivity contribution in [2.75, 3.05) is 13.2 Å². The zero-order valence-electron chi connectivity index (χ0n) is 24.8. The monoisotopic (exact) mass is 696 g/mol. The van der Waals surface area contributed by atoms with Gasteiger partial charge < -0.3 is 30.0 Å². The van der Waals surface area contributed by atoms with Crippen LogP contribution in [0.25, 0.3) is 0 Å². The zero-order valence-corrected chi connectivity index (χ0v) is 24.8. The number of urea groups is 1. The number of ether oxygens (including phenoxy) is 3. The summed E-state index contributed by atoms with van der Waals surface area (Å²) >= 11 is 0. The van der Waals surface area contributed by atoms with Gasteiger partial charge in [-0.3, -0.25) is 4.79 Å². The molecule has 2 amide bonds. The van der Waals surface area contributed by atoms with Crippen LogP contribution in [-0.4, -0.2) is 49.2 Å². The Morgan fingerprint density at radius 2 is 1.23 bits per heavy atom. The molecule has 262 valence electrons. The summed E-state index contributed by atoms with van der Waals surface area (Å²) in [7, 11) is 0. The minimum absolute atomic E-state index is 0.00911. The predicted molar refractivity (Wildman–Crippen MR) is 151 cm³/mol. The van der Waals surface area contributed by atoms with Gasteiger partial charge in [0.1, 0.15) is 23.8 Å². The third-order valence-corrected chi connectivity index (χ3v) is 6.59. The Kier molecular flexibility index (Phi) is 12.4. The first kappa shape index (κ1) is 37.6. The molecule has 3 N–H and O–H groups in total. The van der Waals surface area contributed by atoms with Crippen molar-refractivity contribution in [3.05, 3.63) is 89.5 Å². The Bertz CT molecular complexity index is 1450. The highest BCUT2D eigenvalue weighted by atomic mass is 19.4. The van der Waals surface area contributed by atoms with Gasteiger partial charge in [0.05, 0.1) is 12.1 Å². The topological polar surface area (TPSA) is 106 Å². The molecule has 0 radical (unpaired) electrons. The van der Waals surface area contributed by atoms with Crippen molar-refractivity contribution in [2.45, 2.75) is 56.5 Å². The number of rotatable bonds is 15. The van der Waals surface area contributed by atoms with E-state index >= 15 is 0 Å². The van der Waals surface area contributed by atoms with Gasteiger partial charge in [-0.15, -0.1) is 26.3 Å². The molecule has 3 aromatic carbocycles. The van der Waals surface area contributed by atoms with Gasteiger partial charge >= 0.3 is 30.9 Å². The van der Waals surface area contributed by atoms with E-state index in [-0.39, 0.29) is 24.2 Å². The second kappa shape index (κ2) is 15.8. The molecule has 0 atom stereocenters. The number of hydrogen-bond acceptors (Lipinski definition) is 5. The lowest BCUT2D eigenvalue weighted by molar-refractivity contribution is -0.275. The number of carboxylic acid groups (broad SMARTS) is 1. The van der Waals surface area contributed by atoms with Gasteiger partial charge in [0.2, 0.25) is 0 Å². The van der Waals surface area contributed by atoms with E-state index in [1.807, 2.05) is 0 Å². The quantitative estimate of drug-likeness (QED) is 0.110. The van der Waals surface area contributed by atoms with Gasteiger partial charge in [0.25, 0.3) is 0 Å². The van der Waals surface area contributed by atoms with E-state index in [0.717, 1.165) is 36.4 Å². The lowest BCUT2D eigenvalue weighted by Crippen LogP contribution is -2.53. The van der Waals surface area contributed by atoms with Gasteiger partial charge in [-0.05, 0) is 72.4 Å². The molecule has 0 heterocycles. The van der Waals surface area contributed by atoms with Crippen molar-refractivity contribution in [1.29, 1.82) is 0 Å². The first-order valence-electron chi connectivity index (χ1n) is 14.1. The van der Waals surface area contributed by atoms with E-state index in [0.29, 0.717) is 30.6 Å². The summed E-state index contributed by atoms with van der Waals surface area (Å²) in [6.45, 7) is -1.56. The number of carbonyl (C=O) groups excluding carboxylic acids is 1. The number of unbranched alkanes of at least 4 members (excludes halogenated alkanes) is 2. The number of carboxylic acids is 1. The Morgan fingerprint density at radius 3 is 1.71 bits per heavy atom. The van der Waals surface area contributed by atoms with Crippen LogP contribution in [0.4, 0.5) is 44.3 Å². The lowest BCUT2D eigenvalue weighted by Gasteiger charge is -2.37. The van der Waals surface area contributed by atoms with Crippen LogP contribution in [0.15, 0.2) is 72.8 Å². The number of carbonyl (C=O) groups is 2. The molecule has 0 aliphatic heterocycles. The maximum Gasteiger partial charge on any atom is 0.573 e. The van der Waals surface area contributed by atoms with Crippen LogP contribution in [0.5, 0.6) is 17.2 Å². The van der Waals surface area contributed by atoms with E-state index in [1.54, 1.807) is 5.32 Å². The maximum atomic E-state index is 13.1. The average Bonchev–Trinajstić information content (AvgIpc) is 2.96. The molecule has 0 fully saturated rings. The highest BCUT2D eigenvalue weighted by Crippen LogP contribution is 2.38. The summed E-state index contributed by atoms with van der Waals surface area (Å²) in [5.41, 5.74) is -2.18. The standard InChI is InChI=1S/C31H29F9N2O6/c32-29(33,34)19-41-27(45)42-28(21-6-4-8-24(16-21)47-30(35,36)37,22-7-5-9-25(17-22)48-31(38,39)40)18-20-11-13-23(14-12-20)46-15-3-1-2-10-26(43)44/h4-9,11-14,16-17H,1-3,10,15,18-19H2,(H,43,44)(H2,41,42,45). The SMILES string of the molecule is O=C(O)CCCCCOc1ccc(CC(NC(=O)NCC(F)(F)F)(c2cccc(OC(F)(F)F)c2)c2cccc(OC(F)(F)F)c2)cc1. The third kappa shape index (κ3) is 12.8. The van der Waals surface area contributed by atoms with Gasteiger partial charge in [0, 0.05) is 12.8 Å². The van der Waals surface area contributed by atoms with Crippen LogP contribution in [0.2, 0.25) is 0 Å². The van der Waals surface area contributed by atoms with E-state index in [9.17, 15) is 49.1 Å². The molecule has 0 spiro atoms. The van der Waals surface area contributed by atoms with Crippen LogP contribution in [0.3, 0.4) is 0 Å². The smallest absolute Gasteiger partial charge is 0.494 e. The van der Waals surface area contributed by atoms with Crippen LogP contribution in [0, 0.1) is 0 Å². The van der Waals surface area contributed by atoms with Gasteiger partial charge in [-0.25, -0.2) is 4.79 Å². The van der Waals surface area contributed by atoms with E-state index in [4.69, 9.17) is 9.84 Å². The number of nitrogens with one attached hydrogen (secondary N) is 2. The molecule has 3 rings (SSSR count). The summed E-state index contributed by atoms with van der Waals surface area (Å²) in [5, 5.41) is 12.7. The summed E-state index contributed by atoms with van der Waals surface area (Å²) in [6, 6.07) is 12.7. The second-order valence-corrected chi connectivity index (χ2v) is 10.4. The Hall–Kier alpha value is -4.83. The van der Waals surface area contributed by atoms with Crippen molar-refractivity contribution in [3.63, 3.8) is 0 Å². The van der Waals surface area contributed by atoms with Crippen LogP contribution < -0.4 is 24.8 Å². The lowest BCUT2D eigenvalue weighted by atomic mass is 9.77. The van der Waals surface area contributed by atoms with Crippen molar-refractivity contribution >= 4 is 12.0 Å². The molecule has 0 saturated heterocycles. The molecular formula is C31H29F9N2O6. The first-order valence-corrected chi connectivity index (χ1v) is 14.1. The summed E-state index contributed by atoms with van der Waals surface area (Å²) in [4.78, 5) is 23.6. The number of alkyl halides is 9. The number of hydrogen-bond donors (Lipinski definition) is 3. The second-order valence-electron chi connectivity index (χ2n) is 10.4. The molecule has 3 aromatic rings. The molecule has 48 heavy (non-hydrogen) atoms. The number of aliphatic carboxylic acids is 1. The van der Waals surface area contributed by atoms with Crippen molar-refractivity contribution in [3.8, 4) is 17.2 Å². The maximum absolute atomic E-state index is 13.1. The number of benzene rings is 3. The number of amides is 2. The van der Waals surface area contributed by atoms with Crippen molar-refractivity contribution in [2.24, 2.45) is 0 Å². The normalized spacial score (nSPS) is 12.3. The van der Waals surface area contributed by atoms with Crippen molar-refractivity contribution in [1.82, 2.24) is 10.6 Å². The Morgan fingerprint density at radius 1 is 0.688 bits per heavy atom. The van der Waals surface area contributed by atoms with Gasteiger partial charge in [-0.1, -0.05) is 36.4 Å². The first-order chi connectivity index (χ1) is 22.3. The van der Waals surface area contributed by atoms with Crippen LogP contribution in [-0.2, 0) is 16.8 Å². The van der Waals surface area contributed by atoms with Gasteiger partial charge in [-0.2, -0.15) is 13.2 Å². The molecule has 0 bridgehead atoms. The van der Waals surface area contributed by atoms with Gasteiger partial charge in [0.15, 0.2) is 0 Å². The fourth-order valence-electron chi connectivity index (χ4n) is 4.65. The van der Waals surface area contributed by atoms with Crippen molar-refractivity contribution < 1.29 is 68.4 Å². The minimum atomic E-state index is -5.16. The molecule has 8 nitrogen and oxygen atoms in total. The van der Waals surface area contributed by atoms with Crippen LogP contribution in [0.1, 0.15) is 42.4 Å². The molecule has 0 aliphatic rings.